The van der Waals surface area contributed by atoms with Crippen LogP contribution in [0.5, 0.6) is 5.88 Å². The first-order valence-corrected chi connectivity index (χ1v) is 7.86. The molecule has 0 spiro atoms. The summed E-state index contributed by atoms with van der Waals surface area (Å²) in [7, 11) is -2.20. The Hall–Kier alpha value is -1.35. The summed E-state index contributed by atoms with van der Waals surface area (Å²) < 4.78 is 32.7. The van der Waals surface area contributed by atoms with Gasteiger partial charge in [-0.05, 0) is 40.8 Å². The Labute approximate surface area is 125 Å². The molecule has 0 fully saturated rings. The van der Waals surface area contributed by atoms with Crippen LogP contribution in [0, 0.1) is 3.57 Å². The summed E-state index contributed by atoms with van der Waals surface area (Å²) in [6, 6.07) is 9.80. The number of pyridine rings is 1. The molecule has 1 N–H and O–H groups in total. The molecule has 0 bridgehead atoms. The highest BCUT2D eigenvalue weighted by atomic mass is 127. The fourth-order valence-electron chi connectivity index (χ4n) is 1.47. The van der Waals surface area contributed by atoms with E-state index in [-0.39, 0.29) is 10.8 Å². The maximum absolute atomic E-state index is 12.2. The summed E-state index contributed by atoms with van der Waals surface area (Å²) in [6.07, 6.45) is 1.60. The second-order valence-electron chi connectivity index (χ2n) is 3.63. The van der Waals surface area contributed by atoms with Crippen molar-refractivity contribution >= 4 is 38.3 Å². The van der Waals surface area contributed by atoms with E-state index in [2.05, 4.69) is 32.3 Å². The largest absolute Gasteiger partial charge is 0.479 e. The number of anilines is 1. The summed E-state index contributed by atoms with van der Waals surface area (Å²) in [4.78, 5) is 4.21. The standard InChI is InChI=1S/C12H11IN2O3S/c1-18-12-11(7-9(13)8-14-12)15-19(16,17)10-5-3-2-4-6-10/h2-8,15H,1H3. The molecule has 7 heteroatoms. The Kier molecular flexibility index (Phi) is 4.25. The fourth-order valence-corrected chi connectivity index (χ4v) is 2.99. The van der Waals surface area contributed by atoms with Crippen molar-refractivity contribution in [1.82, 2.24) is 4.98 Å². The van der Waals surface area contributed by atoms with Crippen LogP contribution in [-0.2, 0) is 10.0 Å². The van der Waals surface area contributed by atoms with Crippen molar-refractivity contribution in [2.24, 2.45) is 0 Å². The minimum Gasteiger partial charge on any atom is -0.479 e. The zero-order valence-electron chi connectivity index (χ0n) is 10.00. The van der Waals surface area contributed by atoms with E-state index in [0.29, 0.717) is 5.69 Å². The molecular formula is C12H11IN2O3S. The van der Waals surface area contributed by atoms with Crippen LogP contribution in [0.1, 0.15) is 0 Å². The van der Waals surface area contributed by atoms with Crippen LogP contribution in [0.3, 0.4) is 0 Å². The Bertz CT molecular complexity index is 675. The Morgan fingerprint density at radius 3 is 2.58 bits per heavy atom. The van der Waals surface area contributed by atoms with Crippen molar-refractivity contribution in [3.63, 3.8) is 0 Å². The van der Waals surface area contributed by atoms with Gasteiger partial charge < -0.3 is 4.74 Å². The van der Waals surface area contributed by atoms with Gasteiger partial charge in [0.05, 0.1) is 12.0 Å². The van der Waals surface area contributed by atoms with Gasteiger partial charge in [0.1, 0.15) is 5.69 Å². The zero-order valence-corrected chi connectivity index (χ0v) is 13.0. The second-order valence-corrected chi connectivity index (χ2v) is 6.56. The molecule has 2 aromatic rings. The molecule has 0 radical (unpaired) electrons. The minimum atomic E-state index is -3.64. The molecule has 2 rings (SSSR count). The first-order valence-electron chi connectivity index (χ1n) is 5.30. The smallest absolute Gasteiger partial charge is 0.262 e. The zero-order chi connectivity index (χ0) is 13.9. The van der Waals surface area contributed by atoms with Crippen LogP contribution in [0.25, 0.3) is 0 Å². The van der Waals surface area contributed by atoms with Gasteiger partial charge in [-0.2, -0.15) is 0 Å². The van der Waals surface area contributed by atoms with E-state index >= 15 is 0 Å². The van der Waals surface area contributed by atoms with Gasteiger partial charge in [-0.3, -0.25) is 4.72 Å². The van der Waals surface area contributed by atoms with Gasteiger partial charge in [-0.1, -0.05) is 18.2 Å². The monoisotopic (exact) mass is 390 g/mol. The quantitative estimate of drug-likeness (QED) is 0.815. The van der Waals surface area contributed by atoms with E-state index in [9.17, 15) is 8.42 Å². The number of hydrogen-bond acceptors (Lipinski definition) is 4. The van der Waals surface area contributed by atoms with Gasteiger partial charge in [-0.25, -0.2) is 13.4 Å². The van der Waals surface area contributed by atoms with E-state index in [0.717, 1.165) is 3.57 Å². The van der Waals surface area contributed by atoms with E-state index in [1.54, 1.807) is 30.5 Å². The summed E-state index contributed by atoms with van der Waals surface area (Å²) in [5.41, 5.74) is 0.318. The third-order valence-electron chi connectivity index (χ3n) is 2.31. The lowest BCUT2D eigenvalue weighted by Crippen LogP contribution is -2.14. The van der Waals surface area contributed by atoms with Gasteiger partial charge >= 0.3 is 0 Å². The molecule has 1 heterocycles. The van der Waals surface area contributed by atoms with Crippen molar-refractivity contribution in [2.45, 2.75) is 4.90 Å². The number of ether oxygens (including phenoxy) is 1. The summed E-state index contributed by atoms with van der Waals surface area (Å²) in [5, 5.41) is 0. The van der Waals surface area contributed by atoms with Crippen LogP contribution < -0.4 is 9.46 Å². The Morgan fingerprint density at radius 1 is 1.26 bits per heavy atom. The number of benzene rings is 1. The highest BCUT2D eigenvalue weighted by molar-refractivity contribution is 14.1. The second kappa shape index (κ2) is 5.74. The van der Waals surface area contributed by atoms with E-state index in [1.165, 1.54) is 19.2 Å². The summed E-state index contributed by atoms with van der Waals surface area (Å²) in [6.45, 7) is 0. The predicted molar refractivity (Wildman–Crippen MR) is 80.8 cm³/mol. The van der Waals surface area contributed by atoms with E-state index in [4.69, 9.17) is 4.74 Å². The molecule has 1 aromatic carbocycles. The lowest BCUT2D eigenvalue weighted by molar-refractivity contribution is 0.400. The SMILES string of the molecule is COc1ncc(I)cc1NS(=O)(=O)c1ccccc1. The molecule has 0 aliphatic carbocycles. The van der Waals surface area contributed by atoms with Gasteiger partial charge in [0.2, 0.25) is 5.88 Å². The lowest BCUT2D eigenvalue weighted by atomic mass is 10.4. The third-order valence-corrected chi connectivity index (χ3v) is 4.28. The lowest BCUT2D eigenvalue weighted by Gasteiger charge is -2.11. The maximum Gasteiger partial charge on any atom is 0.262 e. The van der Waals surface area contributed by atoms with Crippen LogP contribution in [-0.4, -0.2) is 20.5 Å². The first kappa shape index (κ1) is 14.1. The molecule has 0 unspecified atom stereocenters. The number of nitrogens with one attached hydrogen (secondary N) is 1. The molecular weight excluding hydrogens is 379 g/mol. The minimum absolute atomic E-state index is 0.191. The molecule has 0 saturated carbocycles. The molecule has 0 aliphatic rings. The van der Waals surface area contributed by atoms with Crippen molar-refractivity contribution in [3.05, 3.63) is 46.2 Å². The molecule has 19 heavy (non-hydrogen) atoms. The molecule has 0 saturated heterocycles. The molecule has 100 valence electrons. The summed E-state index contributed by atoms with van der Waals surface area (Å²) >= 11 is 2.05. The number of halogens is 1. The Morgan fingerprint density at radius 2 is 1.95 bits per heavy atom. The number of rotatable bonds is 4. The highest BCUT2D eigenvalue weighted by Crippen LogP contribution is 2.25. The number of methoxy groups -OCH3 is 1. The number of hydrogen-bond donors (Lipinski definition) is 1. The Balaban J connectivity index is 2.38. The van der Waals surface area contributed by atoms with Gasteiger partial charge in [0, 0.05) is 9.77 Å². The van der Waals surface area contributed by atoms with E-state index in [1.807, 2.05) is 0 Å². The van der Waals surface area contributed by atoms with Gasteiger partial charge in [0.15, 0.2) is 0 Å². The molecule has 0 amide bonds. The average Bonchev–Trinajstić information content (AvgIpc) is 2.39. The van der Waals surface area contributed by atoms with Crippen LogP contribution in [0.2, 0.25) is 0 Å². The van der Waals surface area contributed by atoms with Crippen LogP contribution >= 0.6 is 22.6 Å². The predicted octanol–water partition coefficient (Wildman–Crippen LogP) is 2.50. The average molecular weight is 390 g/mol. The van der Waals surface area contributed by atoms with Gasteiger partial charge in [0.25, 0.3) is 10.0 Å². The summed E-state index contributed by atoms with van der Waals surface area (Å²) in [5.74, 6) is 0.236. The molecule has 1 aromatic heterocycles. The third kappa shape index (κ3) is 3.35. The number of sulfonamides is 1. The molecule has 0 aliphatic heterocycles. The number of nitrogens with zero attached hydrogens (tertiary/aromatic N) is 1. The highest BCUT2D eigenvalue weighted by Gasteiger charge is 2.16. The molecule has 5 nitrogen and oxygen atoms in total. The van der Waals surface area contributed by atoms with Gasteiger partial charge in [-0.15, -0.1) is 0 Å². The van der Waals surface area contributed by atoms with Crippen LogP contribution in [0.15, 0.2) is 47.5 Å². The van der Waals surface area contributed by atoms with Crippen molar-refractivity contribution in [2.75, 3.05) is 11.8 Å². The van der Waals surface area contributed by atoms with E-state index < -0.39 is 10.0 Å². The van der Waals surface area contributed by atoms with Crippen molar-refractivity contribution < 1.29 is 13.2 Å². The fraction of sp³-hybridized carbons (Fsp3) is 0.0833. The van der Waals surface area contributed by atoms with Crippen molar-refractivity contribution in [1.29, 1.82) is 0 Å². The molecule has 0 atom stereocenters. The normalized spacial score (nSPS) is 11.1. The maximum atomic E-state index is 12.2. The van der Waals surface area contributed by atoms with Crippen LogP contribution in [0.4, 0.5) is 5.69 Å². The van der Waals surface area contributed by atoms with Crippen molar-refractivity contribution in [3.8, 4) is 5.88 Å². The topological polar surface area (TPSA) is 68.3 Å². The first-order chi connectivity index (χ1) is 9.03. The number of aromatic nitrogens is 1.